The molecule has 7 nitrogen and oxygen atoms in total. The topological polar surface area (TPSA) is 82.5 Å². The molecule has 1 N–H and O–H groups in total. The average molecular weight is 357 g/mol. The summed E-state index contributed by atoms with van der Waals surface area (Å²) in [5.41, 5.74) is 0.805. The number of carbonyl (C=O) groups is 1. The highest BCUT2D eigenvalue weighted by Crippen LogP contribution is 2.18. The minimum absolute atomic E-state index is 0.116. The van der Waals surface area contributed by atoms with Crippen molar-refractivity contribution < 1.29 is 14.3 Å². The number of hydrogen-bond acceptors (Lipinski definition) is 5. The van der Waals surface area contributed by atoms with Gasteiger partial charge in [-0.05, 0) is 25.1 Å². The van der Waals surface area contributed by atoms with Crippen molar-refractivity contribution in [3.05, 3.63) is 58.8 Å². The molecule has 0 spiro atoms. The van der Waals surface area contributed by atoms with Crippen LogP contribution in [0.4, 0.5) is 0 Å². The molecule has 3 heterocycles. The molecule has 2 aromatic rings. The number of hydrogen-bond donors (Lipinski definition) is 1. The first-order valence-electron chi connectivity index (χ1n) is 8.74. The van der Waals surface area contributed by atoms with Gasteiger partial charge in [-0.25, -0.2) is 0 Å². The molecule has 138 valence electrons. The number of nitrogens with zero attached hydrogens (tertiary/aromatic N) is 2. The van der Waals surface area contributed by atoms with Gasteiger partial charge in [0.2, 0.25) is 5.91 Å². The van der Waals surface area contributed by atoms with Crippen LogP contribution in [-0.2, 0) is 16.1 Å². The van der Waals surface area contributed by atoms with Crippen LogP contribution in [0, 0.1) is 6.92 Å². The maximum absolute atomic E-state index is 12.3. The maximum atomic E-state index is 12.3. The number of nitrogens with one attached hydrogen (secondary N) is 1. The number of aromatic nitrogens is 2. The fraction of sp³-hybridized carbons (Fsp3) is 0.421. The van der Waals surface area contributed by atoms with E-state index < -0.39 is 0 Å². The molecule has 1 fully saturated rings. The van der Waals surface area contributed by atoms with E-state index in [1.807, 2.05) is 19.1 Å². The monoisotopic (exact) mass is 357 g/mol. The summed E-state index contributed by atoms with van der Waals surface area (Å²) in [5.74, 6) is 0.546. The number of pyridine rings is 2. The molecule has 2 aromatic heterocycles. The summed E-state index contributed by atoms with van der Waals surface area (Å²) in [6.07, 6.45) is 4.11. The standard InChI is InChI=1S/C19H23N3O4/c1-14-5-6-15(12-20-14)26-17-8-11-25-13-16(17)21-18(23)7-10-22-9-3-2-4-19(22)24/h2-6,9,12,16-17H,7-8,10-11,13H2,1H3,(H,21,23)/t16-,17+/m1/s1. The Hall–Kier alpha value is -2.67. The number of aryl methyl sites for hydroxylation is 2. The molecular formula is C19H23N3O4. The van der Waals surface area contributed by atoms with E-state index in [9.17, 15) is 9.59 Å². The third kappa shape index (κ3) is 4.92. The fourth-order valence-corrected chi connectivity index (χ4v) is 2.84. The van der Waals surface area contributed by atoms with Gasteiger partial charge < -0.3 is 19.4 Å². The van der Waals surface area contributed by atoms with Crippen LogP contribution in [0.5, 0.6) is 5.75 Å². The average Bonchev–Trinajstić information content (AvgIpc) is 2.64. The lowest BCUT2D eigenvalue weighted by Gasteiger charge is -2.32. The Morgan fingerprint density at radius 2 is 2.27 bits per heavy atom. The zero-order valence-corrected chi connectivity index (χ0v) is 14.8. The number of rotatable bonds is 6. The molecule has 1 amide bonds. The Morgan fingerprint density at radius 1 is 1.38 bits per heavy atom. The summed E-state index contributed by atoms with van der Waals surface area (Å²) in [6.45, 7) is 3.25. The van der Waals surface area contributed by atoms with Crippen LogP contribution < -0.4 is 15.6 Å². The summed E-state index contributed by atoms with van der Waals surface area (Å²) in [6, 6.07) is 8.46. The van der Waals surface area contributed by atoms with Crippen LogP contribution >= 0.6 is 0 Å². The number of amides is 1. The summed E-state index contributed by atoms with van der Waals surface area (Å²) in [4.78, 5) is 28.2. The predicted octanol–water partition coefficient (Wildman–Crippen LogP) is 1.29. The van der Waals surface area contributed by atoms with Gasteiger partial charge >= 0.3 is 0 Å². The Morgan fingerprint density at radius 3 is 3.04 bits per heavy atom. The van der Waals surface area contributed by atoms with Crippen LogP contribution in [0.25, 0.3) is 0 Å². The first kappa shape index (κ1) is 18.1. The van der Waals surface area contributed by atoms with Crippen molar-refractivity contribution >= 4 is 5.91 Å². The van der Waals surface area contributed by atoms with E-state index in [0.717, 1.165) is 5.69 Å². The summed E-state index contributed by atoms with van der Waals surface area (Å²) < 4.78 is 13.0. The molecule has 0 radical (unpaired) electrons. The van der Waals surface area contributed by atoms with Crippen molar-refractivity contribution in [1.82, 2.24) is 14.9 Å². The van der Waals surface area contributed by atoms with Gasteiger partial charge in [0.15, 0.2) is 0 Å². The number of ether oxygens (including phenoxy) is 2. The van der Waals surface area contributed by atoms with E-state index in [2.05, 4.69) is 10.3 Å². The highest BCUT2D eigenvalue weighted by atomic mass is 16.5. The fourth-order valence-electron chi connectivity index (χ4n) is 2.84. The van der Waals surface area contributed by atoms with Gasteiger partial charge in [-0.1, -0.05) is 6.07 Å². The molecule has 26 heavy (non-hydrogen) atoms. The largest absolute Gasteiger partial charge is 0.486 e. The molecule has 0 bridgehead atoms. The lowest BCUT2D eigenvalue weighted by molar-refractivity contribution is -0.124. The van der Waals surface area contributed by atoms with Crippen LogP contribution in [0.1, 0.15) is 18.5 Å². The van der Waals surface area contributed by atoms with E-state index >= 15 is 0 Å². The molecule has 1 aliphatic rings. The van der Waals surface area contributed by atoms with Crippen molar-refractivity contribution in [1.29, 1.82) is 0 Å². The van der Waals surface area contributed by atoms with Gasteiger partial charge in [-0.2, -0.15) is 0 Å². The van der Waals surface area contributed by atoms with E-state index in [4.69, 9.17) is 9.47 Å². The third-order valence-corrected chi connectivity index (χ3v) is 4.29. The van der Waals surface area contributed by atoms with Crippen molar-refractivity contribution in [2.24, 2.45) is 0 Å². The first-order valence-corrected chi connectivity index (χ1v) is 8.74. The Balaban J connectivity index is 1.55. The Labute approximate surface area is 152 Å². The van der Waals surface area contributed by atoms with Crippen molar-refractivity contribution in [3.63, 3.8) is 0 Å². The van der Waals surface area contributed by atoms with E-state index in [0.29, 0.717) is 31.9 Å². The summed E-state index contributed by atoms with van der Waals surface area (Å²) >= 11 is 0. The lowest BCUT2D eigenvalue weighted by Crippen LogP contribution is -2.52. The first-order chi connectivity index (χ1) is 12.6. The second-order valence-electron chi connectivity index (χ2n) is 6.31. The van der Waals surface area contributed by atoms with Crippen LogP contribution in [0.15, 0.2) is 47.5 Å². The normalized spacial score (nSPS) is 19.7. The molecule has 0 aromatic carbocycles. The molecule has 3 rings (SSSR count). The van der Waals surface area contributed by atoms with E-state index in [-0.39, 0.29) is 30.0 Å². The van der Waals surface area contributed by atoms with Gasteiger partial charge in [0.1, 0.15) is 11.9 Å². The molecule has 0 saturated carbocycles. The van der Waals surface area contributed by atoms with Gasteiger partial charge in [0, 0.05) is 37.3 Å². The number of carbonyl (C=O) groups excluding carboxylic acids is 1. The second kappa shape index (κ2) is 8.62. The van der Waals surface area contributed by atoms with Gasteiger partial charge in [0.25, 0.3) is 5.56 Å². The van der Waals surface area contributed by atoms with Crippen LogP contribution in [0.3, 0.4) is 0 Å². The molecule has 0 unspecified atom stereocenters. The van der Waals surface area contributed by atoms with Crippen LogP contribution in [-0.4, -0.2) is 40.8 Å². The quantitative estimate of drug-likeness (QED) is 0.842. The highest BCUT2D eigenvalue weighted by molar-refractivity contribution is 5.76. The summed E-state index contributed by atoms with van der Waals surface area (Å²) in [5, 5.41) is 2.97. The molecule has 1 aliphatic heterocycles. The zero-order chi connectivity index (χ0) is 18.4. The third-order valence-electron chi connectivity index (χ3n) is 4.29. The van der Waals surface area contributed by atoms with E-state index in [1.165, 1.54) is 10.6 Å². The SMILES string of the molecule is Cc1ccc(O[C@H]2CCOC[C@H]2NC(=O)CCn2ccccc2=O)cn1. The minimum atomic E-state index is -0.231. The minimum Gasteiger partial charge on any atom is -0.486 e. The maximum Gasteiger partial charge on any atom is 0.250 e. The molecule has 0 aliphatic carbocycles. The Bertz CT molecular complexity index is 788. The van der Waals surface area contributed by atoms with Crippen molar-refractivity contribution in [2.45, 2.75) is 38.5 Å². The summed E-state index contributed by atoms with van der Waals surface area (Å²) in [7, 11) is 0. The lowest BCUT2D eigenvalue weighted by atomic mass is 10.1. The molecular weight excluding hydrogens is 334 g/mol. The molecule has 7 heteroatoms. The van der Waals surface area contributed by atoms with Gasteiger partial charge in [-0.15, -0.1) is 0 Å². The van der Waals surface area contributed by atoms with Crippen molar-refractivity contribution in [3.8, 4) is 5.75 Å². The smallest absolute Gasteiger partial charge is 0.250 e. The second-order valence-corrected chi connectivity index (χ2v) is 6.31. The van der Waals surface area contributed by atoms with Crippen LogP contribution in [0.2, 0.25) is 0 Å². The van der Waals surface area contributed by atoms with Gasteiger partial charge in [0.05, 0.1) is 25.5 Å². The highest BCUT2D eigenvalue weighted by Gasteiger charge is 2.29. The van der Waals surface area contributed by atoms with E-state index in [1.54, 1.807) is 24.5 Å². The van der Waals surface area contributed by atoms with Gasteiger partial charge in [-0.3, -0.25) is 14.6 Å². The molecule has 2 atom stereocenters. The predicted molar refractivity (Wildman–Crippen MR) is 96.1 cm³/mol. The van der Waals surface area contributed by atoms with Crippen molar-refractivity contribution in [2.75, 3.05) is 13.2 Å². The molecule has 1 saturated heterocycles. The Kier molecular flexibility index (Phi) is 6.01. The zero-order valence-electron chi connectivity index (χ0n) is 14.8.